The summed E-state index contributed by atoms with van der Waals surface area (Å²) < 4.78 is 5.32. The van der Waals surface area contributed by atoms with Crippen LogP contribution >= 0.6 is 0 Å². The van der Waals surface area contributed by atoms with E-state index in [1.807, 2.05) is 31.2 Å². The van der Waals surface area contributed by atoms with Crippen LogP contribution in [0.15, 0.2) is 24.3 Å². The maximum Gasteiger partial charge on any atom is 0.222 e. The van der Waals surface area contributed by atoms with E-state index in [1.54, 1.807) is 26.0 Å². The third kappa shape index (κ3) is 4.24. The highest BCUT2D eigenvalue weighted by Crippen LogP contribution is 2.28. The molecule has 0 aromatic heterocycles. The molecule has 0 saturated heterocycles. The molecule has 1 N–H and O–H groups in total. The van der Waals surface area contributed by atoms with Crippen molar-refractivity contribution in [2.75, 3.05) is 14.2 Å². The minimum absolute atomic E-state index is 0.0271. The van der Waals surface area contributed by atoms with Gasteiger partial charge in [-0.25, -0.2) is 0 Å². The Morgan fingerprint density at radius 3 is 2.58 bits per heavy atom. The monoisotopic (exact) mass is 265 g/mol. The molecule has 1 aromatic carbocycles. The minimum Gasteiger partial charge on any atom is -0.496 e. The van der Waals surface area contributed by atoms with E-state index in [2.05, 4.69) is 0 Å². The van der Waals surface area contributed by atoms with Crippen LogP contribution in [0.2, 0.25) is 0 Å². The Bertz CT molecular complexity index is 418. The molecule has 2 unspecified atom stereocenters. The van der Waals surface area contributed by atoms with Crippen molar-refractivity contribution < 1.29 is 14.6 Å². The van der Waals surface area contributed by atoms with Gasteiger partial charge >= 0.3 is 0 Å². The van der Waals surface area contributed by atoms with Crippen molar-refractivity contribution in [1.29, 1.82) is 0 Å². The van der Waals surface area contributed by atoms with E-state index in [0.29, 0.717) is 12.8 Å². The van der Waals surface area contributed by atoms with Gasteiger partial charge in [0.15, 0.2) is 0 Å². The summed E-state index contributed by atoms with van der Waals surface area (Å²) in [6.45, 7) is 3.66. The number of rotatable bonds is 6. The van der Waals surface area contributed by atoms with Gasteiger partial charge in [-0.2, -0.15) is 0 Å². The van der Waals surface area contributed by atoms with Crippen LogP contribution in [0.25, 0.3) is 0 Å². The molecule has 106 valence electrons. The zero-order chi connectivity index (χ0) is 14.4. The number of carbonyl (C=O) groups excluding carboxylic acids is 1. The van der Waals surface area contributed by atoms with Crippen molar-refractivity contribution in [3.8, 4) is 5.75 Å². The largest absolute Gasteiger partial charge is 0.496 e. The second kappa shape index (κ2) is 7.14. The van der Waals surface area contributed by atoms with Crippen LogP contribution in [0.4, 0.5) is 0 Å². The first-order valence-corrected chi connectivity index (χ1v) is 6.54. The molecule has 2 atom stereocenters. The third-order valence-corrected chi connectivity index (χ3v) is 3.34. The summed E-state index contributed by atoms with van der Waals surface area (Å²) in [5, 5.41) is 9.23. The van der Waals surface area contributed by atoms with Gasteiger partial charge in [0.1, 0.15) is 5.75 Å². The smallest absolute Gasteiger partial charge is 0.222 e. The average molecular weight is 265 g/mol. The highest BCUT2D eigenvalue weighted by Gasteiger charge is 2.20. The number of amides is 1. The molecule has 4 heteroatoms. The second-order valence-electron chi connectivity index (χ2n) is 4.81. The van der Waals surface area contributed by atoms with E-state index < -0.39 is 6.10 Å². The molecule has 1 rings (SSSR count). The van der Waals surface area contributed by atoms with Gasteiger partial charge in [0.2, 0.25) is 5.91 Å². The van der Waals surface area contributed by atoms with E-state index >= 15 is 0 Å². The van der Waals surface area contributed by atoms with Crippen molar-refractivity contribution >= 4 is 5.91 Å². The maximum absolute atomic E-state index is 12.0. The van der Waals surface area contributed by atoms with E-state index in [0.717, 1.165) is 11.3 Å². The number of carbonyl (C=O) groups is 1. The van der Waals surface area contributed by atoms with Crippen molar-refractivity contribution in [2.45, 2.75) is 38.8 Å². The molecule has 0 fully saturated rings. The molecule has 0 aliphatic carbocycles. The Kier molecular flexibility index (Phi) is 5.83. The first-order chi connectivity index (χ1) is 8.97. The first kappa shape index (κ1) is 15.5. The number of nitrogens with zero attached hydrogens (tertiary/aromatic N) is 1. The van der Waals surface area contributed by atoms with Gasteiger partial charge in [0.05, 0.1) is 19.3 Å². The van der Waals surface area contributed by atoms with E-state index in [-0.39, 0.29) is 11.9 Å². The summed E-state index contributed by atoms with van der Waals surface area (Å²) in [6, 6.07) is 7.63. The van der Waals surface area contributed by atoms with E-state index in [1.165, 1.54) is 0 Å². The maximum atomic E-state index is 12.0. The third-order valence-electron chi connectivity index (χ3n) is 3.34. The van der Waals surface area contributed by atoms with E-state index in [9.17, 15) is 9.90 Å². The summed E-state index contributed by atoms with van der Waals surface area (Å²) in [5.41, 5.74) is 0.984. The number of aliphatic hydroxyl groups is 1. The average Bonchev–Trinajstić information content (AvgIpc) is 2.42. The van der Waals surface area contributed by atoms with Crippen LogP contribution in [0.5, 0.6) is 5.75 Å². The lowest BCUT2D eigenvalue weighted by molar-refractivity contribution is -0.132. The number of aliphatic hydroxyl groups excluding tert-OH is 1. The van der Waals surface area contributed by atoms with Gasteiger partial charge < -0.3 is 14.7 Å². The standard InChI is InChI=1S/C15H23NO3/c1-11(17)9-10-15(18)16(3)12(2)13-7-5-6-8-14(13)19-4/h5-8,11-12,17H,9-10H2,1-4H3. The molecular formula is C15H23NO3. The lowest BCUT2D eigenvalue weighted by Crippen LogP contribution is -2.30. The van der Waals surface area contributed by atoms with Crippen LogP contribution in [0.1, 0.15) is 38.3 Å². The molecule has 1 amide bonds. The number of benzene rings is 1. The van der Waals surface area contributed by atoms with Crippen molar-refractivity contribution in [3.05, 3.63) is 29.8 Å². The molecule has 0 spiro atoms. The van der Waals surface area contributed by atoms with Crippen LogP contribution in [-0.2, 0) is 4.79 Å². The fourth-order valence-electron chi connectivity index (χ4n) is 1.94. The topological polar surface area (TPSA) is 49.8 Å². The number of para-hydroxylation sites is 1. The van der Waals surface area contributed by atoms with Gasteiger partial charge in [0.25, 0.3) is 0 Å². The molecule has 0 saturated carbocycles. The number of hydrogen-bond donors (Lipinski definition) is 1. The molecule has 0 aliphatic heterocycles. The zero-order valence-electron chi connectivity index (χ0n) is 12.1. The Hall–Kier alpha value is -1.55. The van der Waals surface area contributed by atoms with Gasteiger partial charge in [-0.3, -0.25) is 4.79 Å². The first-order valence-electron chi connectivity index (χ1n) is 6.54. The van der Waals surface area contributed by atoms with Crippen LogP contribution in [0, 0.1) is 0 Å². The molecule has 1 aromatic rings. The number of ether oxygens (including phenoxy) is 1. The van der Waals surface area contributed by atoms with Crippen LogP contribution in [-0.4, -0.2) is 36.2 Å². The summed E-state index contributed by atoms with van der Waals surface area (Å²) in [7, 11) is 3.41. The van der Waals surface area contributed by atoms with Gasteiger partial charge in [-0.1, -0.05) is 18.2 Å². The van der Waals surface area contributed by atoms with Gasteiger partial charge in [-0.05, 0) is 26.3 Å². The second-order valence-corrected chi connectivity index (χ2v) is 4.81. The Morgan fingerprint density at radius 2 is 2.00 bits per heavy atom. The Morgan fingerprint density at radius 1 is 1.37 bits per heavy atom. The molecular weight excluding hydrogens is 242 g/mol. The summed E-state index contributed by atoms with van der Waals surface area (Å²) in [6.07, 6.45) is 0.397. The molecule has 19 heavy (non-hydrogen) atoms. The number of hydrogen-bond acceptors (Lipinski definition) is 3. The SMILES string of the molecule is COc1ccccc1C(C)N(C)C(=O)CCC(C)O. The van der Waals surface area contributed by atoms with Crippen molar-refractivity contribution in [2.24, 2.45) is 0 Å². The normalized spacial score (nSPS) is 13.7. The quantitative estimate of drug-likeness (QED) is 0.859. The summed E-state index contributed by atoms with van der Waals surface area (Å²) in [5.74, 6) is 0.810. The zero-order valence-corrected chi connectivity index (χ0v) is 12.1. The van der Waals surface area contributed by atoms with Crippen LogP contribution in [0.3, 0.4) is 0 Å². The van der Waals surface area contributed by atoms with Crippen molar-refractivity contribution in [1.82, 2.24) is 4.90 Å². The highest BCUT2D eigenvalue weighted by molar-refractivity contribution is 5.76. The highest BCUT2D eigenvalue weighted by atomic mass is 16.5. The van der Waals surface area contributed by atoms with Gasteiger partial charge in [-0.15, -0.1) is 0 Å². The summed E-state index contributed by atoms with van der Waals surface area (Å²) >= 11 is 0. The molecule has 0 heterocycles. The Labute approximate surface area is 115 Å². The lowest BCUT2D eigenvalue weighted by Gasteiger charge is -2.26. The molecule has 0 bridgehead atoms. The fourth-order valence-corrected chi connectivity index (χ4v) is 1.94. The van der Waals surface area contributed by atoms with E-state index in [4.69, 9.17) is 4.74 Å². The minimum atomic E-state index is -0.445. The number of methoxy groups -OCH3 is 1. The predicted molar refractivity (Wildman–Crippen MR) is 75.1 cm³/mol. The van der Waals surface area contributed by atoms with Gasteiger partial charge in [0, 0.05) is 19.0 Å². The molecule has 0 aliphatic rings. The van der Waals surface area contributed by atoms with Crippen molar-refractivity contribution in [3.63, 3.8) is 0 Å². The summed E-state index contributed by atoms with van der Waals surface area (Å²) in [4.78, 5) is 13.7. The lowest BCUT2D eigenvalue weighted by atomic mass is 10.1. The fraction of sp³-hybridized carbons (Fsp3) is 0.533. The molecule has 0 radical (unpaired) electrons. The predicted octanol–water partition coefficient (Wildman–Crippen LogP) is 2.38. The Balaban J connectivity index is 2.75. The van der Waals surface area contributed by atoms with Crippen LogP contribution < -0.4 is 4.74 Å². The molecule has 4 nitrogen and oxygen atoms in total.